The number of alkyl halides is 2. The Morgan fingerprint density at radius 3 is 2.36 bits per heavy atom. The highest BCUT2D eigenvalue weighted by molar-refractivity contribution is 5.76. The van der Waals surface area contributed by atoms with Crippen molar-refractivity contribution in [2.45, 2.75) is 38.2 Å². The smallest absolute Gasteiger partial charge is 0.312 e. The molecule has 0 amide bonds. The third-order valence-electron chi connectivity index (χ3n) is 3.07. The van der Waals surface area contributed by atoms with E-state index in [1.165, 1.54) is 14.0 Å². The number of rotatable bonds is 3. The molecular formula is C9H14F2O3. The molecule has 0 radical (unpaired) electrons. The highest BCUT2D eigenvalue weighted by Crippen LogP contribution is 2.50. The third-order valence-corrected chi connectivity index (χ3v) is 3.07. The van der Waals surface area contributed by atoms with Crippen LogP contribution in [-0.2, 0) is 9.53 Å². The van der Waals surface area contributed by atoms with E-state index in [1.54, 1.807) is 0 Å². The van der Waals surface area contributed by atoms with E-state index >= 15 is 0 Å². The topological polar surface area (TPSA) is 46.5 Å². The fourth-order valence-corrected chi connectivity index (χ4v) is 1.97. The number of carbonyl (C=O) groups is 1. The van der Waals surface area contributed by atoms with Crippen molar-refractivity contribution in [1.29, 1.82) is 0 Å². The van der Waals surface area contributed by atoms with Gasteiger partial charge in [0, 0.05) is 20.0 Å². The zero-order valence-corrected chi connectivity index (χ0v) is 8.22. The molecule has 1 aliphatic carbocycles. The minimum Gasteiger partial charge on any atom is -0.481 e. The van der Waals surface area contributed by atoms with Crippen molar-refractivity contribution in [3.8, 4) is 0 Å². The van der Waals surface area contributed by atoms with Crippen molar-refractivity contribution < 1.29 is 23.4 Å². The van der Waals surface area contributed by atoms with E-state index in [0.717, 1.165) is 0 Å². The van der Waals surface area contributed by atoms with Gasteiger partial charge in [-0.15, -0.1) is 0 Å². The highest BCUT2D eigenvalue weighted by atomic mass is 19.3. The van der Waals surface area contributed by atoms with E-state index in [9.17, 15) is 13.6 Å². The maximum Gasteiger partial charge on any atom is 0.312 e. The maximum absolute atomic E-state index is 13.0. The summed E-state index contributed by atoms with van der Waals surface area (Å²) in [6, 6.07) is 0. The van der Waals surface area contributed by atoms with Gasteiger partial charge in [-0.2, -0.15) is 0 Å². The van der Waals surface area contributed by atoms with Crippen molar-refractivity contribution in [2.75, 3.05) is 7.11 Å². The molecule has 2 atom stereocenters. The molecule has 0 heterocycles. The first kappa shape index (κ1) is 11.4. The minimum absolute atomic E-state index is 0.0235. The van der Waals surface area contributed by atoms with Crippen molar-refractivity contribution in [3.63, 3.8) is 0 Å². The number of hydrogen-bond acceptors (Lipinski definition) is 2. The molecule has 0 spiro atoms. The number of carboxylic acid groups (broad SMARTS) is 1. The Morgan fingerprint density at radius 2 is 2.07 bits per heavy atom. The third kappa shape index (κ3) is 1.73. The van der Waals surface area contributed by atoms with E-state index < -0.39 is 29.8 Å². The van der Waals surface area contributed by atoms with Crippen molar-refractivity contribution in [1.82, 2.24) is 0 Å². The molecule has 0 aromatic rings. The number of hydrogen-bond donors (Lipinski definition) is 1. The molecule has 0 aliphatic heterocycles. The van der Waals surface area contributed by atoms with Crippen LogP contribution in [0.2, 0.25) is 0 Å². The molecule has 5 heteroatoms. The summed E-state index contributed by atoms with van der Waals surface area (Å²) in [7, 11) is 1.34. The Morgan fingerprint density at radius 1 is 1.50 bits per heavy atom. The van der Waals surface area contributed by atoms with Gasteiger partial charge in [0.05, 0.1) is 11.5 Å². The first-order chi connectivity index (χ1) is 6.34. The second kappa shape index (κ2) is 3.46. The molecule has 0 saturated heterocycles. The number of halogens is 2. The lowest BCUT2D eigenvalue weighted by molar-refractivity contribution is -0.159. The van der Waals surface area contributed by atoms with Gasteiger partial charge in [-0.3, -0.25) is 4.79 Å². The lowest BCUT2D eigenvalue weighted by Gasteiger charge is -2.29. The summed E-state index contributed by atoms with van der Waals surface area (Å²) in [5.74, 6) is -4.06. The molecule has 1 aliphatic rings. The summed E-state index contributed by atoms with van der Waals surface area (Å²) in [4.78, 5) is 11.0. The van der Waals surface area contributed by atoms with Gasteiger partial charge in [-0.05, 0) is 13.3 Å². The summed E-state index contributed by atoms with van der Waals surface area (Å²) in [5.41, 5.74) is -1.42. The van der Waals surface area contributed by atoms with Crippen LogP contribution in [0.15, 0.2) is 0 Å². The lowest BCUT2D eigenvalue weighted by atomic mass is 9.81. The van der Waals surface area contributed by atoms with Crippen LogP contribution in [0.3, 0.4) is 0 Å². The number of methoxy groups -OCH3 is 1. The zero-order valence-electron chi connectivity index (χ0n) is 8.22. The van der Waals surface area contributed by atoms with Gasteiger partial charge in [-0.1, -0.05) is 0 Å². The molecule has 1 N–H and O–H groups in total. The summed E-state index contributed by atoms with van der Waals surface area (Å²) in [6.07, 6.45) is -1.70. The fourth-order valence-electron chi connectivity index (χ4n) is 1.97. The highest BCUT2D eigenvalue weighted by Gasteiger charge is 2.57. The van der Waals surface area contributed by atoms with Gasteiger partial charge in [-0.25, -0.2) is 8.78 Å². The number of carboxylic acids is 1. The van der Waals surface area contributed by atoms with Gasteiger partial charge >= 0.3 is 5.97 Å². The van der Waals surface area contributed by atoms with Crippen LogP contribution in [0.25, 0.3) is 0 Å². The number of ether oxygens (including phenoxy) is 1. The second-order valence-corrected chi connectivity index (χ2v) is 3.87. The summed E-state index contributed by atoms with van der Waals surface area (Å²) in [6.45, 7) is 1.52. The van der Waals surface area contributed by atoms with Gasteiger partial charge in [0.15, 0.2) is 0 Å². The molecule has 0 aromatic carbocycles. The van der Waals surface area contributed by atoms with Gasteiger partial charge in [0.25, 0.3) is 0 Å². The van der Waals surface area contributed by atoms with Gasteiger partial charge < -0.3 is 9.84 Å². The summed E-state index contributed by atoms with van der Waals surface area (Å²) >= 11 is 0. The van der Waals surface area contributed by atoms with Crippen LogP contribution in [0.4, 0.5) is 8.78 Å². The predicted molar refractivity (Wildman–Crippen MR) is 45.3 cm³/mol. The molecule has 1 rings (SSSR count). The zero-order chi connectivity index (χ0) is 11.0. The van der Waals surface area contributed by atoms with Crippen molar-refractivity contribution in [2.24, 2.45) is 5.41 Å². The Bertz CT molecular complexity index is 242. The Labute approximate surface area is 81.1 Å². The molecule has 1 saturated carbocycles. The van der Waals surface area contributed by atoms with Crippen LogP contribution in [0, 0.1) is 5.41 Å². The molecule has 1 fully saturated rings. The molecule has 0 bridgehead atoms. The molecule has 82 valence electrons. The van der Waals surface area contributed by atoms with E-state index in [4.69, 9.17) is 9.84 Å². The molecule has 2 unspecified atom stereocenters. The lowest BCUT2D eigenvalue weighted by Crippen LogP contribution is -2.40. The maximum atomic E-state index is 13.0. The minimum atomic E-state index is -2.87. The van der Waals surface area contributed by atoms with Gasteiger partial charge in [0.1, 0.15) is 0 Å². The predicted octanol–water partition coefficient (Wildman–Crippen LogP) is 1.91. The molecule has 3 nitrogen and oxygen atoms in total. The first-order valence-electron chi connectivity index (χ1n) is 4.48. The quantitative estimate of drug-likeness (QED) is 0.770. The largest absolute Gasteiger partial charge is 0.481 e. The summed E-state index contributed by atoms with van der Waals surface area (Å²) in [5, 5.41) is 8.98. The van der Waals surface area contributed by atoms with Crippen LogP contribution < -0.4 is 0 Å². The standard InChI is InChI=1S/C9H14F2O3/c1-6(14-2)8(7(12)13)3-4-9(10,11)5-8/h6H,3-5H2,1-2H3,(H,12,13). The van der Waals surface area contributed by atoms with E-state index in [1.807, 2.05) is 0 Å². The van der Waals surface area contributed by atoms with E-state index in [-0.39, 0.29) is 12.8 Å². The normalized spacial score (nSPS) is 32.9. The SMILES string of the molecule is COC(C)C1(C(=O)O)CCC(F)(F)C1. The number of aliphatic carboxylic acids is 1. The Kier molecular flexibility index (Phi) is 2.81. The van der Waals surface area contributed by atoms with E-state index in [0.29, 0.717) is 0 Å². The Balaban J connectivity index is 2.92. The molecular weight excluding hydrogens is 194 g/mol. The average molecular weight is 208 g/mol. The van der Waals surface area contributed by atoms with Crippen molar-refractivity contribution in [3.05, 3.63) is 0 Å². The molecule has 14 heavy (non-hydrogen) atoms. The summed E-state index contributed by atoms with van der Waals surface area (Å²) < 4.78 is 30.8. The second-order valence-electron chi connectivity index (χ2n) is 3.87. The van der Waals surface area contributed by atoms with E-state index in [2.05, 4.69) is 0 Å². The Hall–Kier alpha value is -0.710. The van der Waals surface area contributed by atoms with Crippen LogP contribution >= 0.6 is 0 Å². The van der Waals surface area contributed by atoms with Crippen molar-refractivity contribution >= 4 is 5.97 Å². The first-order valence-corrected chi connectivity index (χ1v) is 4.48. The van der Waals surface area contributed by atoms with Crippen LogP contribution in [-0.4, -0.2) is 30.2 Å². The fraction of sp³-hybridized carbons (Fsp3) is 0.889. The monoisotopic (exact) mass is 208 g/mol. The average Bonchev–Trinajstić information content (AvgIpc) is 2.42. The van der Waals surface area contributed by atoms with Gasteiger partial charge in [0.2, 0.25) is 5.92 Å². The van der Waals surface area contributed by atoms with Crippen LogP contribution in [0.5, 0.6) is 0 Å². The van der Waals surface area contributed by atoms with Crippen LogP contribution in [0.1, 0.15) is 26.2 Å². The molecule has 0 aromatic heterocycles.